The Bertz CT molecular complexity index is 464. The van der Waals surface area contributed by atoms with Crippen LogP contribution in [0.4, 0.5) is 11.4 Å². The molecule has 1 rings (SSSR count). The second-order valence-electron chi connectivity index (χ2n) is 3.93. The smallest absolute Gasteiger partial charge is 0.269 e. The van der Waals surface area contributed by atoms with Gasteiger partial charge in [0.15, 0.2) is 0 Å². The van der Waals surface area contributed by atoms with Crippen molar-refractivity contribution in [1.29, 1.82) is 0 Å². The van der Waals surface area contributed by atoms with Gasteiger partial charge in [0.2, 0.25) is 0 Å². The van der Waals surface area contributed by atoms with Crippen LogP contribution < -0.4 is 5.43 Å². The van der Waals surface area contributed by atoms with E-state index in [0.29, 0.717) is 5.69 Å². The first-order valence-corrected chi connectivity index (χ1v) is 5.64. The summed E-state index contributed by atoms with van der Waals surface area (Å²) in [6, 6.07) is 5.39. The minimum Gasteiger partial charge on any atom is -0.394 e. The van der Waals surface area contributed by atoms with Crippen molar-refractivity contribution in [1.82, 2.24) is 0 Å². The van der Waals surface area contributed by atoms with E-state index in [1.54, 1.807) is 0 Å². The monoisotopic (exact) mass is 285 g/mol. The maximum absolute atomic E-state index is 10.4. The second-order valence-corrected chi connectivity index (χ2v) is 3.93. The number of aliphatic hydroxyl groups is 4. The van der Waals surface area contributed by atoms with Gasteiger partial charge < -0.3 is 20.4 Å². The second kappa shape index (κ2) is 7.50. The van der Waals surface area contributed by atoms with Crippen LogP contribution >= 0.6 is 0 Å². The number of hydrazone groups is 1. The summed E-state index contributed by atoms with van der Waals surface area (Å²) in [5.74, 6) is 0. The quantitative estimate of drug-likeness (QED) is 0.247. The zero-order chi connectivity index (χ0) is 15.1. The molecule has 0 aliphatic rings. The number of nitrogens with zero attached hydrogens (tertiary/aromatic N) is 2. The number of rotatable bonds is 7. The molecule has 0 heterocycles. The summed E-state index contributed by atoms with van der Waals surface area (Å²) < 4.78 is 0. The predicted molar refractivity (Wildman–Crippen MR) is 70.3 cm³/mol. The van der Waals surface area contributed by atoms with Gasteiger partial charge in [0.05, 0.1) is 23.4 Å². The average molecular weight is 285 g/mol. The normalized spacial score (nSPS) is 15.8. The predicted octanol–water partition coefficient (Wildman–Crippen LogP) is -0.933. The van der Waals surface area contributed by atoms with Crippen LogP contribution in [0.1, 0.15) is 0 Å². The fraction of sp³-hybridized carbons (Fsp3) is 0.364. The number of nitro groups is 1. The van der Waals surface area contributed by atoms with Crippen LogP contribution in [0.5, 0.6) is 0 Å². The van der Waals surface area contributed by atoms with E-state index in [2.05, 4.69) is 10.5 Å². The molecule has 0 aromatic heterocycles. The Labute approximate surface area is 114 Å². The van der Waals surface area contributed by atoms with Crippen LogP contribution in [0.2, 0.25) is 0 Å². The Hall–Kier alpha value is -2.07. The summed E-state index contributed by atoms with van der Waals surface area (Å²) in [7, 11) is 0. The molecule has 1 aromatic rings. The van der Waals surface area contributed by atoms with Crippen molar-refractivity contribution in [3.63, 3.8) is 0 Å². The number of nitro benzene ring substituents is 1. The van der Waals surface area contributed by atoms with Gasteiger partial charge in [-0.05, 0) is 12.1 Å². The highest BCUT2D eigenvalue weighted by Crippen LogP contribution is 2.15. The van der Waals surface area contributed by atoms with Crippen molar-refractivity contribution in [2.24, 2.45) is 5.10 Å². The van der Waals surface area contributed by atoms with Crippen LogP contribution in [-0.2, 0) is 0 Å². The van der Waals surface area contributed by atoms with Crippen LogP contribution in [-0.4, -0.2) is 56.5 Å². The molecule has 0 bridgehead atoms. The molecule has 1 aromatic carbocycles. The molecule has 3 unspecified atom stereocenters. The maximum atomic E-state index is 10.4. The van der Waals surface area contributed by atoms with Crippen molar-refractivity contribution >= 4 is 17.6 Å². The number of nitrogens with one attached hydrogen (secondary N) is 1. The van der Waals surface area contributed by atoms with E-state index in [9.17, 15) is 20.3 Å². The third-order valence-corrected chi connectivity index (χ3v) is 2.43. The third kappa shape index (κ3) is 4.55. The highest BCUT2D eigenvalue weighted by Gasteiger charge is 2.22. The number of aliphatic hydroxyl groups excluding tert-OH is 4. The van der Waals surface area contributed by atoms with Gasteiger partial charge in [-0.3, -0.25) is 15.5 Å². The molecule has 0 aliphatic carbocycles. The molecule has 0 fully saturated rings. The van der Waals surface area contributed by atoms with Crippen molar-refractivity contribution in [3.8, 4) is 0 Å². The van der Waals surface area contributed by atoms with Gasteiger partial charge in [-0.2, -0.15) is 5.10 Å². The summed E-state index contributed by atoms with van der Waals surface area (Å²) in [5, 5.41) is 50.5. The van der Waals surface area contributed by atoms with Gasteiger partial charge in [-0.1, -0.05) is 0 Å². The largest absolute Gasteiger partial charge is 0.394 e. The molecule has 9 heteroatoms. The highest BCUT2D eigenvalue weighted by molar-refractivity contribution is 5.65. The minimum atomic E-state index is -1.57. The van der Waals surface area contributed by atoms with Gasteiger partial charge in [0.25, 0.3) is 5.69 Å². The first-order chi connectivity index (χ1) is 9.45. The number of hydrogen-bond acceptors (Lipinski definition) is 8. The molecule has 0 saturated heterocycles. The van der Waals surface area contributed by atoms with E-state index in [-0.39, 0.29) is 5.69 Å². The topological polar surface area (TPSA) is 148 Å². The molecule has 0 amide bonds. The Morgan fingerprint density at radius 3 is 2.40 bits per heavy atom. The van der Waals surface area contributed by atoms with Gasteiger partial charge in [0.1, 0.15) is 18.3 Å². The molecular formula is C11H15N3O6. The Morgan fingerprint density at radius 2 is 1.90 bits per heavy atom. The average Bonchev–Trinajstić information content (AvgIpc) is 2.45. The van der Waals surface area contributed by atoms with Crippen molar-refractivity contribution in [3.05, 3.63) is 34.4 Å². The van der Waals surface area contributed by atoms with Crippen molar-refractivity contribution in [2.75, 3.05) is 12.0 Å². The van der Waals surface area contributed by atoms with Gasteiger partial charge >= 0.3 is 0 Å². The molecule has 9 nitrogen and oxygen atoms in total. The lowest BCUT2D eigenvalue weighted by molar-refractivity contribution is -0.384. The van der Waals surface area contributed by atoms with E-state index in [1.807, 2.05) is 0 Å². The zero-order valence-electron chi connectivity index (χ0n) is 10.3. The minimum absolute atomic E-state index is 0.0685. The summed E-state index contributed by atoms with van der Waals surface area (Å²) in [6.45, 7) is -0.693. The molecule has 110 valence electrons. The van der Waals surface area contributed by atoms with Crippen molar-refractivity contribution in [2.45, 2.75) is 18.3 Å². The Balaban J connectivity index is 2.53. The standard InChI is InChI=1S/C11H15N3O6/c15-6-10(17)11(18)9(16)5-12-13-7-1-3-8(4-2-7)14(19)20/h1-5,9-11,13,15-18H,6H2/b12-5-. The molecular weight excluding hydrogens is 270 g/mol. The Morgan fingerprint density at radius 1 is 1.30 bits per heavy atom. The first kappa shape index (κ1) is 16.0. The lowest BCUT2D eigenvalue weighted by Crippen LogP contribution is -2.40. The molecule has 0 spiro atoms. The summed E-state index contributed by atoms with van der Waals surface area (Å²) in [5.41, 5.74) is 2.86. The molecule has 5 N–H and O–H groups in total. The fourth-order valence-electron chi connectivity index (χ4n) is 1.27. The zero-order valence-corrected chi connectivity index (χ0v) is 10.3. The summed E-state index contributed by atoms with van der Waals surface area (Å²) in [6.07, 6.45) is -3.58. The SMILES string of the molecule is O=[N+]([O-])c1ccc(N/N=C\C(O)C(O)C(O)CO)cc1. The molecule has 0 radical (unpaired) electrons. The lowest BCUT2D eigenvalue weighted by atomic mass is 10.1. The number of anilines is 1. The van der Waals surface area contributed by atoms with Gasteiger partial charge in [-0.25, -0.2) is 0 Å². The number of non-ortho nitro benzene ring substituents is 1. The van der Waals surface area contributed by atoms with Crippen LogP contribution in [0.25, 0.3) is 0 Å². The molecule has 0 aliphatic heterocycles. The maximum Gasteiger partial charge on any atom is 0.269 e. The van der Waals surface area contributed by atoms with Crippen LogP contribution in [0, 0.1) is 10.1 Å². The summed E-state index contributed by atoms with van der Waals surface area (Å²) >= 11 is 0. The Kier molecular flexibility index (Phi) is 6.00. The van der Waals surface area contributed by atoms with Crippen LogP contribution in [0.3, 0.4) is 0 Å². The first-order valence-electron chi connectivity index (χ1n) is 5.64. The third-order valence-electron chi connectivity index (χ3n) is 2.43. The van der Waals surface area contributed by atoms with E-state index in [1.165, 1.54) is 24.3 Å². The molecule has 3 atom stereocenters. The highest BCUT2D eigenvalue weighted by atomic mass is 16.6. The molecule has 20 heavy (non-hydrogen) atoms. The van der Waals surface area contributed by atoms with Crippen molar-refractivity contribution < 1.29 is 25.3 Å². The van der Waals surface area contributed by atoms with E-state index in [4.69, 9.17) is 10.2 Å². The lowest BCUT2D eigenvalue weighted by Gasteiger charge is -2.18. The summed E-state index contributed by atoms with van der Waals surface area (Å²) in [4.78, 5) is 9.90. The van der Waals surface area contributed by atoms with Gasteiger partial charge in [-0.15, -0.1) is 0 Å². The van der Waals surface area contributed by atoms with E-state index in [0.717, 1.165) is 6.21 Å². The van der Waals surface area contributed by atoms with E-state index >= 15 is 0 Å². The molecule has 0 saturated carbocycles. The van der Waals surface area contributed by atoms with Gasteiger partial charge in [0, 0.05) is 12.1 Å². The number of benzene rings is 1. The fourth-order valence-corrected chi connectivity index (χ4v) is 1.27. The number of hydrogen-bond donors (Lipinski definition) is 5. The van der Waals surface area contributed by atoms with Crippen LogP contribution in [0.15, 0.2) is 29.4 Å². The van der Waals surface area contributed by atoms with E-state index < -0.39 is 29.8 Å².